The quantitative estimate of drug-likeness (QED) is 0.808. The molecular formula is C16H26N4O3S. The van der Waals surface area contributed by atoms with Gasteiger partial charge in [0.25, 0.3) is 0 Å². The van der Waals surface area contributed by atoms with Crippen molar-refractivity contribution >= 4 is 15.8 Å². The second kappa shape index (κ2) is 6.93. The SMILES string of the molecule is CCS(=O)(=O)N1CCC[C@@]2(COCCN(c3ccc(C)nn3)C2)C1. The van der Waals surface area contributed by atoms with Gasteiger partial charge in [-0.2, -0.15) is 5.10 Å². The molecule has 2 fully saturated rings. The highest BCUT2D eigenvalue weighted by Crippen LogP contribution is 2.35. The van der Waals surface area contributed by atoms with Crippen LogP contribution in [-0.4, -0.2) is 68.1 Å². The number of rotatable bonds is 3. The zero-order chi connectivity index (χ0) is 17.2. The van der Waals surface area contributed by atoms with Crippen LogP contribution < -0.4 is 4.90 Å². The van der Waals surface area contributed by atoms with E-state index in [2.05, 4.69) is 15.1 Å². The Labute approximate surface area is 144 Å². The van der Waals surface area contributed by atoms with Crippen molar-refractivity contribution in [2.45, 2.75) is 26.7 Å². The van der Waals surface area contributed by atoms with Gasteiger partial charge in [-0.3, -0.25) is 0 Å². The third-order valence-corrected chi connectivity index (χ3v) is 6.76. The van der Waals surface area contributed by atoms with Gasteiger partial charge in [-0.1, -0.05) is 0 Å². The van der Waals surface area contributed by atoms with E-state index in [1.165, 1.54) is 0 Å². The lowest BCUT2D eigenvalue weighted by atomic mass is 9.81. The highest BCUT2D eigenvalue weighted by Gasteiger charge is 2.42. The molecular weight excluding hydrogens is 328 g/mol. The van der Waals surface area contributed by atoms with Gasteiger partial charge in [-0.15, -0.1) is 5.10 Å². The van der Waals surface area contributed by atoms with Gasteiger partial charge in [0.1, 0.15) is 0 Å². The average Bonchev–Trinajstić information content (AvgIpc) is 2.78. The summed E-state index contributed by atoms with van der Waals surface area (Å²) in [6.07, 6.45) is 1.84. The van der Waals surface area contributed by atoms with Crippen LogP contribution in [0.3, 0.4) is 0 Å². The molecule has 0 saturated carbocycles. The van der Waals surface area contributed by atoms with Gasteiger partial charge >= 0.3 is 0 Å². The van der Waals surface area contributed by atoms with Crippen LogP contribution >= 0.6 is 0 Å². The molecule has 0 aromatic carbocycles. The largest absolute Gasteiger partial charge is 0.379 e. The van der Waals surface area contributed by atoms with E-state index in [9.17, 15) is 8.42 Å². The molecule has 8 heteroatoms. The summed E-state index contributed by atoms with van der Waals surface area (Å²) in [4.78, 5) is 2.18. The van der Waals surface area contributed by atoms with Gasteiger partial charge in [0.2, 0.25) is 10.0 Å². The summed E-state index contributed by atoms with van der Waals surface area (Å²) < 4.78 is 32.1. The van der Waals surface area contributed by atoms with E-state index in [4.69, 9.17) is 4.74 Å². The molecule has 0 N–H and O–H groups in total. The van der Waals surface area contributed by atoms with Gasteiger partial charge in [0.15, 0.2) is 5.82 Å². The Morgan fingerprint density at radius 1 is 1.25 bits per heavy atom. The van der Waals surface area contributed by atoms with E-state index < -0.39 is 10.0 Å². The minimum atomic E-state index is -3.16. The van der Waals surface area contributed by atoms with Crippen molar-refractivity contribution in [1.82, 2.24) is 14.5 Å². The van der Waals surface area contributed by atoms with Gasteiger partial charge in [0, 0.05) is 31.6 Å². The van der Waals surface area contributed by atoms with Crippen molar-refractivity contribution in [3.8, 4) is 0 Å². The molecule has 0 aliphatic carbocycles. The summed E-state index contributed by atoms with van der Waals surface area (Å²) in [7, 11) is -3.16. The third kappa shape index (κ3) is 3.70. The van der Waals surface area contributed by atoms with E-state index in [0.717, 1.165) is 37.4 Å². The van der Waals surface area contributed by atoms with Gasteiger partial charge < -0.3 is 9.64 Å². The first-order valence-electron chi connectivity index (χ1n) is 8.55. The maximum absolute atomic E-state index is 12.3. The van der Waals surface area contributed by atoms with E-state index in [1.807, 2.05) is 19.1 Å². The number of aromatic nitrogens is 2. The summed E-state index contributed by atoms with van der Waals surface area (Å²) in [5.41, 5.74) is 0.709. The van der Waals surface area contributed by atoms with Crippen LogP contribution in [0.15, 0.2) is 12.1 Å². The predicted molar refractivity (Wildman–Crippen MR) is 92.5 cm³/mol. The minimum Gasteiger partial charge on any atom is -0.379 e. The summed E-state index contributed by atoms with van der Waals surface area (Å²) in [5.74, 6) is 0.984. The molecule has 2 saturated heterocycles. The number of hydrogen-bond donors (Lipinski definition) is 0. The molecule has 24 heavy (non-hydrogen) atoms. The molecule has 134 valence electrons. The first kappa shape index (κ1) is 17.6. The molecule has 1 aromatic rings. The standard InChI is InChI=1S/C16H26N4O3S/c1-3-24(21,22)20-8-4-7-16(12-20)11-19(9-10-23-13-16)15-6-5-14(2)17-18-15/h5-6H,3-4,7-13H2,1-2H3/t16-/m0/s1. The maximum atomic E-state index is 12.3. The number of anilines is 1. The summed E-state index contributed by atoms with van der Waals surface area (Å²) >= 11 is 0. The molecule has 0 amide bonds. The topological polar surface area (TPSA) is 75.6 Å². The van der Waals surface area contributed by atoms with Crippen molar-refractivity contribution in [2.75, 3.05) is 50.0 Å². The Morgan fingerprint density at radius 2 is 2.08 bits per heavy atom. The molecule has 2 aliphatic heterocycles. The molecule has 0 unspecified atom stereocenters. The van der Waals surface area contributed by atoms with Gasteiger partial charge in [-0.05, 0) is 38.8 Å². The van der Waals surface area contributed by atoms with Crippen LogP contribution in [0.1, 0.15) is 25.5 Å². The normalized spacial score (nSPS) is 26.5. The van der Waals surface area contributed by atoms with Crippen molar-refractivity contribution < 1.29 is 13.2 Å². The molecule has 3 rings (SSSR count). The number of aryl methyl sites for hydroxylation is 1. The number of piperidine rings is 1. The molecule has 0 radical (unpaired) electrons. The third-order valence-electron chi connectivity index (χ3n) is 4.93. The predicted octanol–water partition coefficient (Wildman–Crippen LogP) is 1.05. The van der Waals surface area contributed by atoms with Gasteiger partial charge in [0.05, 0.1) is 24.7 Å². The molecule has 1 atom stereocenters. The van der Waals surface area contributed by atoms with Crippen molar-refractivity contribution in [2.24, 2.45) is 5.41 Å². The highest BCUT2D eigenvalue weighted by molar-refractivity contribution is 7.89. The first-order chi connectivity index (χ1) is 11.4. The van der Waals surface area contributed by atoms with Crippen LogP contribution in [0.25, 0.3) is 0 Å². The van der Waals surface area contributed by atoms with Crippen molar-refractivity contribution in [1.29, 1.82) is 0 Å². The zero-order valence-corrected chi connectivity index (χ0v) is 15.3. The smallest absolute Gasteiger partial charge is 0.213 e. The summed E-state index contributed by atoms with van der Waals surface area (Å²) in [6.45, 7) is 7.48. The minimum absolute atomic E-state index is 0.150. The second-order valence-corrected chi connectivity index (χ2v) is 9.10. The molecule has 7 nitrogen and oxygen atoms in total. The van der Waals surface area contributed by atoms with E-state index in [1.54, 1.807) is 11.2 Å². The number of sulfonamides is 1. The average molecular weight is 354 g/mol. The number of ether oxygens (including phenoxy) is 1. The van der Waals surface area contributed by atoms with Crippen molar-refractivity contribution in [3.05, 3.63) is 17.8 Å². The maximum Gasteiger partial charge on any atom is 0.213 e. The van der Waals surface area contributed by atoms with Crippen LogP contribution in [0, 0.1) is 12.3 Å². The molecule has 3 heterocycles. The molecule has 0 bridgehead atoms. The Morgan fingerprint density at radius 3 is 2.79 bits per heavy atom. The Hall–Kier alpha value is -1.25. The van der Waals surface area contributed by atoms with E-state index in [0.29, 0.717) is 26.3 Å². The summed E-state index contributed by atoms with van der Waals surface area (Å²) in [5, 5.41) is 8.44. The fourth-order valence-electron chi connectivity index (χ4n) is 3.58. The fourth-order valence-corrected chi connectivity index (χ4v) is 4.82. The second-order valence-electron chi connectivity index (χ2n) is 6.84. The van der Waals surface area contributed by atoms with Gasteiger partial charge in [-0.25, -0.2) is 12.7 Å². The van der Waals surface area contributed by atoms with E-state index >= 15 is 0 Å². The number of hydrogen-bond acceptors (Lipinski definition) is 6. The molecule has 2 aliphatic rings. The lowest BCUT2D eigenvalue weighted by molar-refractivity contribution is 0.0350. The monoisotopic (exact) mass is 354 g/mol. The molecule has 1 aromatic heterocycles. The van der Waals surface area contributed by atoms with Crippen LogP contribution in [0.2, 0.25) is 0 Å². The fraction of sp³-hybridized carbons (Fsp3) is 0.750. The van der Waals surface area contributed by atoms with E-state index in [-0.39, 0.29) is 11.2 Å². The van der Waals surface area contributed by atoms with Crippen LogP contribution in [0.4, 0.5) is 5.82 Å². The lowest BCUT2D eigenvalue weighted by Crippen LogP contribution is -2.52. The number of nitrogens with zero attached hydrogens (tertiary/aromatic N) is 4. The van der Waals surface area contributed by atoms with Crippen LogP contribution in [-0.2, 0) is 14.8 Å². The van der Waals surface area contributed by atoms with Crippen LogP contribution in [0.5, 0.6) is 0 Å². The van der Waals surface area contributed by atoms with Crippen molar-refractivity contribution in [3.63, 3.8) is 0 Å². The first-order valence-corrected chi connectivity index (χ1v) is 10.2. The summed E-state index contributed by atoms with van der Waals surface area (Å²) in [6, 6.07) is 3.93. The highest BCUT2D eigenvalue weighted by atomic mass is 32.2. The Bertz CT molecular complexity index is 664. The lowest BCUT2D eigenvalue weighted by Gasteiger charge is -2.43. The Kier molecular flexibility index (Phi) is 5.08. The zero-order valence-electron chi connectivity index (χ0n) is 14.4. The molecule has 1 spiro atoms. The Balaban J connectivity index is 1.82.